The number of ether oxygens (including phenoxy) is 1. The third kappa shape index (κ3) is 5.74. The first-order chi connectivity index (χ1) is 8.42. The highest BCUT2D eigenvalue weighted by atomic mass is 35.5. The normalized spacial score (nSPS) is 13.6. The summed E-state index contributed by atoms with van der Waals surface area (Å²) in [4.78, 5) is 0. The molecular formula is C13H16ClF3O. The number of rotatable bonds is 6. The van der Waals surface area contributed by atoms with Crippen molar-refractivity contribution >= 4 is 11.6 Å². The molecule has 1 unspecified atom stereocenters. The molecule has 18 heavy (non-hydrogen) atoms. The summed E-state index contributed by atoms with van der Waals surface area (Å²) in [5, 5.41) is -0.316. The first kappa shape index (κ1) is 15.3. The molecule has 102 valence electrons. The predicted molar refractivity (Wildman–Crippen MR) is 65.9 cm³/mol. The van der Waals surface area contributed by atoms with Crippen LogP contribution in [-0.2, 0) is 11.2 Å². The van der Waals surface area contributed by atoms with Crippen LogP contribution in [0.4, 0.5) is 13.2 Å². The highest BCUT2D eigenvalue weighted by Gasteiger charge is 2.27. The zero-order chi connectivity index (χ0) is 13.6. The van der Waals surface area contributed by atoms with Crippen molar-refractivity contribution < 1.29 is 17.9 Å². The van der Waals surface area contributed by atoms with Gasteiger partial charge in [0.25, 0.3) is 0 Å². The number of alkyl halides is 4. The third-order valence-corrected chi connectivity index (χ3v) is 3.00. The van der Waals surface area contributed by atoms with Crippen LogP contribution in [0.5, 0.6) is 0 Å². The van der Waals surface area contributed by atoms with Gasteiger partial charge >= 0.3 is 6.18 Å². The summed E-state index contributed by atoms with van der Waals surface area (Å²) >= 11 is 6.09. The summed E-state index contributed by atoms with van der Waals surface area (Å²) < 4.78 is 40.0. The van der Waals surface area contributed by atoms with E-state index in [-0.39, 0.29) is 12.0 Å². The fourth-order valence-electron chi connectivity index (χ4n) is 1.50. The first-order valence-electron chi connectivity index (χ1n) is 5.80. The molecule has 0 aliphatic carbocycles. The van der Waals surface area contributed by atoms with Crippen molar-refractivity contribution in [3.8, 4) is 0 Å². The summed E-state index contributed by atoms with van der Waals surface area (Å²) in [6.07, 6.45) is -2.96. The Hall–Kier alpha value is -0.740. The summed E-state index contributed by atoms with van der Waals surface area (Å²) in [6.45, 7) is 0.840. The standard InChI is InChI=1S/C13H16ClF3O/c1-2-10-3-5-11(6-4-10)12(14)7-8-18-9-13(15,16)17/h3-6,12H,2,7-9H2,1H3. The van der Waals surface area contributed by atoms with E-state index in [1.54, 1.807) is 0 Å². The van der Waals surface area contributed by atoms with Gasteiger partial charge in [0.2, 0.25) is 0 Å². The Bertz CT molecular complexity index is 348. The number of halogens is 4. The lowest BCUT2D eigenvalue weighted by molar-refractivity contribution is -0.174. The van der Waals surface area contributed by atoms with E-state index in [4.69, 9.17) is 11.6 Å². The number of hydrogen-bond acceptors (Lipinski definition) is 1. The van der Waals surface area contributed by atoms with Gasteiger partial charge in [-0.1, -0.05) is 31.2 Å². The van der Waals surface area contributed by atoms with E-state index >= 15 is 0 Å². The van der Waals surface area contributed by atoms with Crippen molar-refractivity contribution in [1.82, 2.24) is 0 Å². The Balaban J connectivity index is 2.33. The second kappa shape index (κ2) is 7.00. The predicted octanol–water partition coefficient (Wildman–Crippen LogP) is 4.50. The van der Waals surface area contributed by atoms with Gasteiger partial charge in [-0.05, 0) is 24.0 Å². The number of hydrogen-bond donors (Lipinski definition) is 0. The van der Waals surface area contributed by atoms with Gasteiger partial charge in [0.1, 0.15) is 6.61 Å². The molecule has 0 aromatic heterocycles. The molecule has 0 radical (unpaired) electrons. The molecule has 0 fully saturated rings. The molecule has 0 amide bonds. The Morgan fingerprint density at radius 1 is 1.22 bits per heavy atom. The Labute approximate surface area is 110 Å². The molecule has 1 nitrogen and oxygen atoms in total. The van der Waals surface area contributed by atoms with Gasteiger partial charge in [0.15, 0.2) is 0 Å². The van der Waals surface area contributed by atoms with Gasteiger partial charge in [-0.3, -0.25) is 0 Å². The summed E-state index contributed by atoms with van der Waals surface area (Å²) in [6, 6.07) is 7.75. The third-order valence-electron chi connectivity index (χ3n) is 2.53. The SMILES string of the molecule is CCc1ccc(C(Cl)CCOCC(F)(F)F)cc1. The minimum Gasteiger partial charge on any atom is -0.372 e. The maximum Gasteiger partial charge on any atom is 0.411 e. The lowest BCUT2D eigenvalue weighted by Crippen LogP contribution is -2.17. The molecule has 0 aliphatic rings. The van der Waals surface area contributed by atoms with Gasteiger partial charge in [-0.2, -0.15) is 13.2 Å². The quantitative estimate of drug-likeness (QED) is 0.551. The van der Waals surface area contributed by atoms with E-state index in [2.05, 4.69) is 11.7 Å². The van der Waals surface area contributed by atoms with Gasteiger partial charge < -0.3 is 4.74 Å². The fourth-order valence-corrected chi connectivity index (χ4v) is 1.74. The average molecular weight is 281 g/mol. The fraction of sp³-hybridized carbons (Fsp3) is 0.538. The average Bonchev–Trinajstić information content (AvgIpc) is 2.33. The van der Waals surface area contributed by atoms with Gasteiger partial charge in [0, 0.05) is 6.61 Å². The van der Waals surface area contributed by atoms with Crippen molar-refractivity contribution in [2.24, 2.45) is 0 Å². The highest BCUT2D eigenvalue weighted by molar-refractivity contribution is 6.20. The Morgan fingerprint density at radius 2 is 1.83 bits per heavy atom. The number of aryl methyl sites for hydroxylation is 1. The zero-order valence-electron chi connectivity index (χ0n) is 10.1. The van der Waals surface area contributed by atoms with Crippen LogP contribution in [0.25, 0.3) is 0 Å². The smallest absolute Gasteiger partial charge is 0.372 e. The van der Waals surface area contributed by atoms with Crippen molar-refractivity contribution in [2.75, 3.05) is 13.2 Å². The zero-order valence-corrected chi connectivity index (χ0v) is 10.9. The van der Waals surface area contributed by atoms with Gasteiger partial charge in [-0.15, -0.1) is 11.6 Å². The van der Waals surface area contributed by atoms with Crippen molar-refractivity contribution in [3.63, 3.8) is 0 Å². The molecule has 0 saturated carbocycles. The van der Waals surface area contributed by atoms with E-state index in [0.717, 1.165) is 12.0 Å². The molecule has 0 bridgehead atoms. The molecule has 0 spiro atoms. The van der Waals surface area contributed by atoms with Crippen LogP contribution in [0, 0.1) is 0 Å². The second-order valence-electron chi connectivity index (χ2n) is 4.02. The van der Waals surface area contributed by atoms with E-state index in [1.165, 1.54) is 5.56 Å². The Kier molecular flexibility index (Phi) is 5.96. The highest BCUT2D eigenvalue weighted by Crippen LogP contribution is 2.25. The molecule has 1 rings (SSSR count). The van der Waals surface area contributed by atoms with E-state index in [1.807, 2.05) is 24.3 Å². The summed E-state index contributed by atoms with van der Waals surface area (Å²) in [7, 11) is 0. The molecule has 0 aliphatic heterocycles. The maximum atomic E-state index is 11.8. The lowest BCUT2D eigenvalue weighted by atomic mass is 10.1. The first-order valence-corrected chi connectivity index (χ1v) is 6.23. The van der Waals surface area contributed by atoms with E-state index < -0.39 is 12.8 Å². The molecule has 1 aromatic carbocycles. The van der Waals surface area contributed by atoms with Crippen molar-refractivity contribution in [1.29, 1.82) is 0 Å². The van der Waals surface area contributed by atoms with Crippen LogP contribution in [0.2, 0.25) is 0 Å². The van der Waals surface area contributed by atoms with Crippen molar-refractivity contribution in [2.45, 2.75) is 31.3 Å². The maximum absolute atomic E-state index is 11.8. The van der Waals surface area contributed by atoms with Crippen LogP contribution in [0.15, 0.2) is 24.3 Å². The molecule has 1 atom stereocenters. The molecule has 0 heterocycles. The van der Waals surface area contributed by atoms with Gasteiger partial charge in [-0.25, -0.2) is 0 Å². The van der Waals surface area contributed by atoms with Crippen LogP contribution >= 0.6 is 11.6 Å². The lowest BCUT2D eigenvalue weighted by Gasteiger charge is -2.12. The van der Waals surface area contributed by atoms with Crippen molar-refractivity contribution in [3.05, 3.63) is 35.4 Å². The minimum atomic E-state index is -4.27. The Morgan fingerprint density at radius 3 is 2.33 bits per heavy atom. The molecule has 0 saturated heterocycles. The summed E-state index contributed by atoms with van der Waals surface area (Å²) in [5.41, 5.74) is 2.11. The van der Waals surface area contributed by atoms with Gasteiger partial charge in [0.05, 0.1) is 5.38 Å². The molecular weight excluding hydrogens is 265 g/mol. The van der Waals surface area contributed by atoms with Crippen LogP contribution in [-0.4, -0.2) is 19.4 Å². The van der Waals surface area contributed by atoms with E-state index in [9.17, 15) is 13.2 Å². The minimum absolute atomic E-state index is 0.00318. The molecule has 1 aromatic rings. The van der Waals surface area contributed by atoms with Crippen LogP contribution < -0.4 is 0 Å². The van der Waals surface area contributed by atoms with Crippen LogP contribution in [0.1, 0.15) is 29.8 Å². The second-order valence-corrected chi connectivity index (χ2v) is 4.55. The molecule has 0 N–H and O–H groups in total. The topological polar surface area (TPSA) is 9.23 Å². The summed E-state index contributed by atoms with van der Waals surface area (Å²) in [5.74, 6) is 0. The monoisotopic (exact) mass is 280 g/mol. The largest absolute Gasteiger partial charge is 0.411 e. The van der Waals surface area contributed by atoms with Crippen LogP contribution in [0.3, 0.4) is 0 Å². The number of benzene rings is 1. The molecule has 5 heteroatoms. The van der Waals surface area contributed by atoms with E-state index in [0.29, 0.717) is 6.42 Å².